The van der Waals surface area contributed by atoms with Gasteiger partial charge in [-0.2, -0.15) is 0 Å². The highest BCUT2D eigenvalue weighted by atomic mass is 32.1. The molecule has 0 saturated carbocycles. The Kier molecular flexibility index (Phi) is 4.07. The normalized spacial score (nSPS) is 12.9. The number of nitrogens with zero attached hydrogens (tertiary/aromatic N) is 1. The van der Waals surface area contributed by atoms with Crippen LogP contribution in [0.4, 0.5) is 0 Å². The summed E-state index contributed by atoms with van der Waals surface area (Å²) in [6, 6.07) is 0. The predicted octanol–water partition coefficient (Wildman–Crippen LogP) is 2.36. The molecule has 0 N–H and O–H groups in total. The van der Waals surface area contributed by atoms with Crippen LogP contribution in [0, 0.1) is 12.8 Å². The molecular weight excluding hydrogens is 198 g/mol. The Bertz CT molecular complexity index is 296. The van der Waals surface area contributed by atoms with Crippen molar-refractivity contribution < 1.29 is 9.53 Å². The molecule has 1 aromatic rings. The summed E-state index contributed by atoms with van der Waals surface area (Å²) in [6.07, 6.45) is 0. The van der Waals surface area contributed by atoms with Crippen molar-refractivity contribution in [3.8, 4) is 0 Å². The predicted molar refractivity (Wildman–Crippen MR) is 56.4 cm³/mol. The van der Waals surface area contributed by atoms with Crippen LogP contribution in [0.5, 0.6) is 0 Å². The molecule has 0 spiro atoms. The number of rotatable bonds is 5. The molecule has 0 radical (unpaired) electrons. The van der Waals surface area contributed by atoms with Crippen molar-refractivity contribution in [1.29, 1.82) is 0 Å². The van der Waals surface area contributed by atoms with Crippen LogP contribution in [0.2, 0.25) is 0 Å². The standard InChI is InChI=1S/C10H15NO2S/c1-7(2)9(4-13-6-12)10-8(3)11-5-14-10/h5-7,9H,4H2,1-3H3. The summed E-state index contributed by atoms with van der Waals surface area (Å²) in [5.74, 6) is 0.724. The van der Waals surface area contributed by atoms with Crippen LogP contribution < -0.4 is 0 Å². The summed E-state index contributed by atoms with van der Waals surface area (Å²) >= 11 is 1.63. The lowest BCUT2D eigenvalue weighted by Crippen LogP contribution is -2.13. The molecule has 0 aliphatic heterocycles. The Morgan fingerprint density at radius 3 is 2.79 bits per heavy atom. The van der Waals surface area contributed by atoms with Gasteiger partial charge in [-0.25, -0.2) is 4.98 Å². The van der Waals surface area contributed by atoms with E-state index in [0.29, 0.717) is 19.0 Å². The number of carbonyl (C=O) groups is 1. The fraction of sp³-hybridized carbons (Fsp3) is 0.600. The lowest BCUT2D eigenvalue weighted by atomic mass is 9.94. The minimum absolute atomic E-state index is 0.271. The van der Waals surface area contributed by atoms with E-state index in [1.54, 1.807) is 11.3 Å². The van der Waals surface area contributed by atoms with Crippen molar-refractivity contribution in [3.05, 3.63) is 16.1 Å². The van der Waals surface area contributed by atoms with Crippen molar-refractivity contribution in [2.75, 3.05) is 6.61 Å². The minimum atomic E-state index is 0.271. The van der Waals surface area contributed by atoms with Crippen LogP contribution in [-0.4, -0.2) is 18.1 Å². The van der Waals surface area contributed by atoms with Crippen molar-refractivity contribution in [2.24, 2.45) is 5.92 Å². The molecule has 0 saturated heterocycles. The van der Waals surface area contributed by atoms with E-state index >= 15 is 0 Å². The highest BCUT2D eigenvalue weighted by Gasteiger charge is 2.20. The molecule has 3 nitrogen and oxygen atoms in total. The third-order valence-electron chi connectivity index (χ3n) is 2.27. The molecular formula is C10H15NO2S. The van der Waals surface area contributed by atoms with Gasteiger partial charge in [0.2, 0.25) is 0 Å². The summed E-state index contributed by atoms with van der Waals surface area (Å²) < 4.78 is 4.83. The zero-order valence-corrected chi connectivity index (χ0v) is 9.50. The summed E-state index contributed by atoms with van der Waals surface area (Å²) in [7, 11) is 0. The zero-order valence-electron chi connectivity index (χ0n) is 8.69. The van der Waals surface area contributed by atoms with Gasteiger partial charge in [-0.3, -0.25) is 4.79 Å². The van der Waals surface area contributed by atoms with Gasteiger partial charge in [0.05, 0.1) is 17.8 Å². The number of aryl methyl sites for hydroxylation is 1. The number of hydrogen-bond acceptors (Lipinski definition) is 4. The van der Waals surface area contributed by atoms with Gasteiger partial charge in [0, 0.05) is 10.8 Å². The van der Waals surface area contributed by atoms with Gasteiger partial charge in [-0.1, -0.05) is 13.8 Å². The van der Waals surface area contributed by atoms with Gasteiger partial charge in [0.1, 0.15) is 0 Å². The molecule has 1 rings (SSSR count). The van der Waals surface area contributed by atoms with Crippen LogP contribution in [0.1, 0.15) is 30.3 Å². The molecule has 14 heavy (non-hydrogen) atoms. The van der Waals surface area contributed by atoms with Crippen LogP contribution in [-0.2, 0) is 9.53 Å². The lowest BCUT2D eigenvalue weighted by molar-refractivity contribution is -0.129. The van der Waals surface area contributed by atoms with E-state index < -0.39 is 0 Å². The van der Waals surface area contributed by atoms with Gasteiger partial charge < -0.3 is 4.74 Å². The van der Waals surface area contributed by atoms with Gasteiger partial charge in [0.25, 0.3) is 6.47 Å². The van der Waals surface area contributed by atoms with E-state index in [2.05, 4.69) is 18.8 Å². The monoisotopic (exact) mass is 213 g/mol. The maximum absolute atomic E-state index is 10.2. The highest BCUT2D eigenvalue weighted by Crippen LogP contribution is 2.30. The van der Waals surface area contributed by atoms with Crippen LogP contribution in [0.25, 0.3) is 0 Å². The molecule has 0 aromatic carbocycles. The van der Waals surface area contributed by atoms with Gasteiger partial charge >= 0.3 is 0 Å². The first-order valence-corrected chi connectivity index (χ1v) is 5.50. The number of ether oxygens (including phenoxy) is 1. The van der Waals surface area contributed by atoms with Crippen molar-refractivity contribution in [1.82, 2.24) is 4.98 Å². The number of hydrogen-bond donors (Lipinski definition) is 0. The molecule has 1 aromatic heterocycles. The summed E-state index contributed by atoms with van der Waals surface area (Å²) in [5.41, 5.74) is 2.88. The number of aromatic nitrogens is 1. The average molecular weight is 213 g/mol. The second-order valence-electron chi connectivity index (χ2n) is 3.58. The van der Waals surface area contributed by atoms with E-state index in [-0.39, 0.29) is 5.92 Å². The van der Waals surface area contributed by atoms with Gasteiger partial charge in [0.15, 0.2) is 0 Å². The van der Waals surface area contributed by atoms with Gasteiger partial charge in [-0.15, -0.1) is 11.3 Å². The SMILES string of the molecule is Cc1ncsc1C(COC=O)C(C)C. The van der Waals surface area contributed by atoms with Crippen molar-refractivity contribution >= 4 is 17.8 Å². The first-order chi connectivity index (χ1) is 6.66. The molecule has 78 valence electrons. The maximum atomic E-state index is 10.2. The minimum Gasteiger partial charge on any atom is -0.467 e. The number of thiazole rings is 1. The smallest absolute Gasteiger partial charge is 0.293 e. The second-order valence-corrected chi connectivity index (χ2v) is 4.47. The van der Waals surface area contributed by atoms with E-state index in [9.17, 15) is 4.79 Å². The van der Waals surface area contributed by atoms with E-state index in [1.807, 2.05) is 12.4 Å². The highest BCUT2D eigenvalue weighted by molar-refractivity contribution is 7.09. The quantitative estimate of drug-likeness (QED) is 0.705. The largest absolute Gasteiger partial charge is 0.467 e. The summed E-state index contributed by atoms with van der Waals surface area (Å²) in [6.45, 7) is 7.19. The Labute approximate surface area is 88.1 Å². The number of carbonyl (C=O) groups excluding carboxylic acids is 1. The lowest BCUT2D eigenvalue weighted by Gasteiger charge is -2.18. The van der Waals surface area contributed by atoms with Gasteiger partial charge in [-0.05, 0) is 12.8 Å². The third kappa shape index (κ3) is 2.54. The fourth-order valence-electron chi connectivity index (χ4n) is 1.38. The maximum Gasteiger partial charge on any atom is 0.293 e. The Balaban J connectivity index is 2.77. The average Bonchev–Trinajstić information content (AvgIpc) is 2.52. The van der Waals surface area contributed by atoms with Crippen molar-refractivity contribution in [3.63, 3.8) is 0 Å². The molecule has 1 atom stereocenters. The molecule has 0 amide bonds. The topological polar surface area (TPSA) is 39.2 Å². The van der Waals surface area contributed by atoms with E-state index in [4.69, 9.17) is 4.74 Å². The van der Waals surface area contributed by atoms with Crippen LogP contribution in [0.15, 0.2) is 5.51 Å². The molecule has 1 heterocycles. The molecule has 0 bridgehead atoms. The summed E-state index contributed by atoms with van der Waals surface area (Å²) in [5, 5.41) is 0. The second kappa shape index (κ2) is 5.10. The van der Waals surface area contributed by atoms with E-state index in [0.717, 1.165) is 5.69 Å². The third-order valence-corrected chi connectivity index (χ3v) is 3.33. The van der Waals surface area contributed by atoms with Crippen LogP contribution in [0.3, 0.4) is 0 Å². The molecule has 0 aliphatic rings. The first-order valence-electron chi connectivity index (χ1n) is 4.62. The van der Waals surface area contributed by atoms with Crippen LogP contribution >= 0.6 is 11.3 Å². The molecule has 0 fully saturated rings. The Morgan fingerprint density at radius 1 is 1.64 bits per heavy atom. The first kappa shape index (κ1) is 11.2. The molecule has 1 unspecified atom stereocenters. The Hall–Kier alpha value is -0.900. The molecule has 4 heteroatoms. The fourth-order valence-corrected chi connectivity index (χ4v) is 2.44. The Morgan fingerprint density at radius 2 is 2.36 bits per heavy atom. The molecule has 0 aliphatic carbocycles. The summed E-state index contributed by atoms with van der Waals surface area (Å²) in [4.78, 5) is 15.6. The zero-order chi connectivity index (χ0) is 10.6. The van der Waals surface area contributed by atoms with Crippen molar-refractivity contribution in [2.45, 2.75) is 26.7 Å². The van der Waals surface area contributed by atoms with E-state index in [1.165, 1.54) is 4.88 Å².